The van der Waals surface area contributed by atoms with Crippen molar-refractivity contribution in [3.63, 3.8) is 0 Å². The van der Waals surface area contributed by atoms with Crippen LogP contribution in [-0.2, 0) is 4.79 Å². The molecule has 1 saturated carbocycles. The smallest absolute Gasteiger partial charge is 0.259 e. The third-order valence-electron chi connectivity index (χ3n) is 5.75. The fourth-order valence-electron chi connectivity index (χ4n) is 4.18. The van der Waals surface area contributed by atoms with Gasteiger partial charge in [0.1, 0.15) is 17.1 Å². The van der Waals surface area contributed by atoms with Gasteiger partial charge in [-0.1, -0.05) is 25.3 Å². The highest BCUT2D eigenvalue weighted by molar-refractivity contribution is 5.99. The first-order chi connectivity index (χ1) is 13.1. The van der Waals surface area contributed by atoms with Gasteiger partial charge in [0, 0.05) is 25.0 Å². The first-order valence-corrected chi connectivity index (χ1v) is 9.94. The highest BCUT2D eigenvalue weighted by Gasteiger charge is 2.30. The lowest BCUT2D eigenvalue weighted by Crippen LogP contribution is -2.48. The summed E-state index contributed by atoms with van der Waals surface area (Å²) in [5, 5.41) is 3.09. The van der Waals surface area contributed by atoms with E-state index in [1.54, 1.807) is 32.4 Å². The summed E-state index contributed by atoms with van der Waals surface area (Å²) < 4.78 is 10.6. The van der Waals surface area contributed by atoms with Crippen molar-refractivity contribution >= 4 is 11.8 Å². The number of nitrogens with zero attached hydrogens (tertiary/aromatic N) is 1. The lowest BCUT2D eigenvalue weighted by atomic mass is 9.87. The Labute approximate surface area is 161 Å². The molecule has 1 saturated heterocycles. The zero-order valence-electron chi connectivity index (χ0n) is 16.3. The van der Waals surface area contributed by atoms with Gasteiger partial charge >= 0.3 is 0 Å². The summed E-state index contributed by atoms with van der Waals surface area (Å²) in [7, 11) is 3.09. The molecule has 1 aromatic rings. The number of amides is 2. The van der Waals surface area contributed by atoms with Crippen molar-refractivity contribution < 1.29 is 19.1 Å². The van der Waals surface area contributed by atoms with Crippen molar-refractivity contribution in [2.45, 2.75) is 51.0 Å². The maximum atomic E-state index is 12.8. The molecule has 0 atom stereocenters. The molecule has 0 spiro atoms. The maximum Gasteiger partial charge on any atom is 0.259 e. The van der Waals surface area contributed by atoms with E-state index < -0.39 is 0 Å². The molecule has 148 valence electrons. The molecule has 1 aromatic carbocycles. The first-order valence-electron chi connectivity index (χ1n) is 9.94. The molecule has 6 nitrogen and oxygen atoms in total. The summed E-state index contributed by atoms with van der Waals surface area (Å²) in [5.74, 6) is 1.32. The van der Waals surface area contributed by atoms with Crippen LogP contribution < -0.4 is 14.8 Å². The number of ether oxygens (including phenoxy) is 2. The Morgan fingerprint density at radius 1 is 0.963 bits per heavy atom. The summed E-state index contributed by atoms with van der Waals surface area (Å²) in [5.41, 5.74) is 0.420. The fraction of sp³-hybridized carbons (Fsp3) is 0.619. The molecular weight excluding hydrogens is 344 g/mol. The number of carbonyl (C=O) groups excluding carboxylic acids is 2. The summed E-state index contributed by atoms with van der Waals surface area (Å²) in [6.07, 6.45) is 7.22. The van der Waals surface area contributed by atoms with Crippen LogP contribution in [0.1, 0.15) is 55.3 Å². The van der Waals surface area contributed by atoms with E-state index in [-0.39, 0.29) is 17.9 Å². The number of hydrogen-bond donors (Lipinski definition) is 1. The van der Waals surface area contributed by atoms with Gasteiger partial charge in [-0.3, -0.25) is 9.59 Å². The SMILES string of the molecule is COc1cccc(OC)c1C(=O)NC1CCN(C(=O)C2CCCCC2)CC1. The Morgan fingerprint density at radius 2 is 1.56 bits per heavy atom. The highest BCUT2D eigenvalue weighted by atomic mass is 16.5. The van der Waals surface area contributed by atoms with Crippen LogP contribution in [0.2, 0.25) is 0 Å². The third kappa shape index (κ3) is 4.54. The average Bonchev–Trinajstić information content (AvgIpc) is 2.73. The lowest BCUT2D eigenvalue weighted by molar-refractivity contribution is -0.137. The number of rotatable bonds is 5. The van der Waals surface area contributed by atoms with Crippen molar-refractivity contribution in [1.29, 1.82) is 0 Å². The second kappa shape index (κ2) is 9.11. The van der Waals surface area contributed by atoms with Gasteiger partial charge in [0.25, 0.3) is 5.91 Å². The topological polar surface area (TPSA) is 67.9 Å². The monoisotopic (exact) mass is 374 g/mol. The Kier molecular flexibility index (Phi) is 6.58. The third-order valence-corrected chi connectivity index (χ3v) is 5.75. The minimum absolute atomic E-state index is 0.0579. The maximum absolute atomic E-state index is 12.8. The predicted molar refractivity (Wildman–Crippen MR) is 103 cm³/mol. The fourth-order valence-corrected chi connectivity index (χ4v) is 4.18. The minimum atomic E-state index is -0.193. The molecule has 0 radical (unpaired) electrons. The van der Waals surface area contributed by atoms with Crippen molar-refractivity contribution in [2.24, 2.45) is 5.92 Å². The van der Waals surface area contributed by atoms with Gasteiger partial charge in [0.2, 0.25) is 5.91 Å². The summed E-state index contributed by atoms with van der Waals surface area (Å²) >= 11 is 0. The normalized spacial score (nSPS) is 18.8. The quantitative estimate of drug-likeness (QED) is 0.860. The number of piperidine rings is 1. The van der Waals surface area contributed by atoms with Gasteiger partial charge in [-0.05, 0) is 37.8 Å². The standard InChI is InChI=1S/C21H30N2O4/c1-26-17-9-6-10-18(27-2)19(17)20(24)22-16-11-13-23(14-12-16)21(25)15-7-4-3-5-8-15/h6,9-10,15-16H,3-5,7-8,11-14H2,1-2H3,(H,22,24). The number of hydrogen-bond acceptors (Lipinski definition) is 4. The van der Waals surface area contributed by atoms with Crippen LogP contribution in [-0.4, -0.2) is 50.1 Å². The van der Waals surface area contributed by atoms with Crippen LogP contribution in [0.25, 0.3) is 0 Å². The van der Waals surface area contributed by atoms with Crippen LogP contribution in [0, 0.1) is 5.92 Å². The first kappa shape index (κ1) is 19.5. The van der Waals surface area contributed by atoms with E-state index in [0.29, 0.717) is 36.1 Å². The van der Waals surface area contributed by atoms with E-state index in [1.165, 1.54) is 19.3 Å². The van der Waals surface area contributed by atoms with E-state index in [1.807, 2.05) is 4.90 Å². The van der Waals surface area contributed by atoms with Gasteiger partial charge in [-0.25, -0.2) is 0 Å². The molecule has 1 aliphatic carbocycles. The molecule has 1 aliphatic heterocycles. The van der Waals surface area contributed by atoms with E-state index in [4.69, 9.17) is 9.47 Å². The molecule has 2 aliphatic rings. The van der Waals surface area contributed by atoms with Crippen LogP contribution in [0.5, 0.6) is 11.5 Å². The van der Waals surface area contributed by atoms with E-state index in [9.17, 15) is 9.59 Å². The zero-order chi connectivity index (χ0) is 19.2. The van der Waals surface area contributed by atoms with Crippen LogP contribution in [0.3, 0.4) is 0 Å². The molecular formula is C21H30N2O4. The Bertz CT molecular complexity index is 640. The van der Waals surface area contributed by atoms with Crippen molar-refractivity contribution in [1.82, 2.24) is 10.2 Å². The number of nitrogens with one attached hydrogen (secondary N) is 1. The van der Waals surface area contributed by atoms with Gasteiger partial charge < -0.3 is 19.7 Å². The van der Waals surface area contributed by atoms with Gasteiger partial charge in [0.15, 0.2) is 0 Å². The molecule has 27 heavy (non-hydrogen) atoms. The molecule has 0 bridgehead atoms. The van der Waals surface area contributed by atoms with Crippen LogP contribution >= 0.6 is 0 Å². The lowest BCUT2D eigenvalue weighted by Gasteiger charge is -2.35. The van der Waals surface area contributed by atoms with Gasteiger partial charge in [-0.2, -0.15) is 0 Å². The van der Waals surface area contributed by atoms with E-state index in [0.717, 1.165) is 25.7 Å². The second-order valence-corrected chi connectivity index (χ2v) is 7.45. The molecule has 6 heteroatoms. The molecule has 0 unspecified atom stereocenters. The average molecular weight is 374 g/mol. The van der Waals surface area contributed by atoms with Crippen LogP contribution in [0.4, 0.5) is 0 Å². The molecule has 2 amide bonds. The van der Waals surface area contributed by atoms with Gasteiger partial charge in [0.05, 0.1) is 14.2 Å². The largest absolute Gasteiger partial charge is 0.496 e. The number of likely N-dealkylation sites (tertiary alicyclic amines) is 1. The Morgan fingerprint density at radius 3 is 2.11 bits per heavy atom. The molecule has 1 N–H and O–H groups in total. The number of methoxy groups -OCH3 is 2. The summed E-state index contributed by atoms with van der Waals surface area (Å²) in [6.45, 7) is 1.42. The summed E-state index contributed by atoms with van der Waals surface area (Å²) in [4.78, 5) is 27.4. The van der Waals surface area contributed by atoms with Crippen LogP contribution in [0.15, 0.2) is 18.2 Å². The minimum Gasteiger partial charge on any atom is -0.496 e. The van der Waals surface area contributed by atoms with E-state index in [2.05, 4.69) is 5.32 Å². The zero-order valence-corrected chi connectivity index (χ0v) is 16.3. The molecule has 2 fully saturated rings. The highest BCUT2D eigenvalue weighted by Crippen LogP contribution is 2.29. The van der Waals surface area contributed by atoms with Gasteiger partial charge in [-0.15, -0.1) is 0 Å². The second-order valence-electron chi connectivity index (χ2n) is 7.45. The summed E-state index contributed by atoms with van der Waals surface area (Å²) in [6, 6.07) is 5.36. The van der Waals surface area contributed by atoms with Crippen molar-refractivity contribution in [2.75, 3.05) is 27.3 Å². The molecule has 1 heterocycles. The predicted octanol–water partition coefficient (Wildman–Crippen LogP) is 3.00. The Hall–Kier alpha value is -2.24. The Balaban J connectivity index is 1.56. The van der Waals surface area contributed by atoms with Crippen molar-refractivity contribution in [3.8, 4) is 11.5 Å². The molecule has 0 aromatic heterocycles. The molecule has 3 rings (SSSR count). The number of carbonyl (C=O) groups is 2. The van der Waals surface area contributed by atoms with E-state index >= 15 is 0 Å². The van der Waals surface area contributed by atoms with Crippen molar-refractivity contribution in [3.05, 3.63) is 23.8 Å². The number of benzene rings is 1.